The van der Waals surface area contributed by atoms with Crippen LogP contribution in [0.5, 0.6) is 0 Å². The molecule has 0 spiro atoms. The second-order valence-corrected chi connectivity index (χ2v) is 8.63. The van der Waals surface area contributed by atoms with Gasteiger partial charge in [0.05, 0.1) is 31.0 Å². The molecular formula is C20H37O6P. The van der Waals surface area contributed by atoms with E-state index in [4.69, 9.17) is 19.3 Å². The molecule has 0 radical (unpaired) electrons. The fraction of sp³-hybridized carbons (Fsp3) is 0.800. The summed E-state index contributed by atoms with van der Waals surface area (Å²) in [6.07, 6.45) is 16.9. The molecule has 0 bridgehead atoms. The quantitative estimate of drug-likeness (QED) is 0.298. The highest BCUT2D eigenvalue weighted by molar-refractivity contribution is 7.46. The third kappa shape index (κ3) is 11.8. The molecule has 1 aliphatic carbocycles. The van der Waals surface area contributed by atoms with Crippen molar-refractivity contribution < 1.29 is 28.3 Å². The van der Waals surface area contributed by atoms with Crippen molar-refractivity contribution in [2.75, 3.05) is 13.2 Å². The van der Waals surface area contributed by atoms with Crippen molar-refractivity contribution in [2.45, 2.75) is 89.9 Å². The fourth-order valence-corrected chi connectivity index (χ4v) is 3.64. The molecule has 0 fully saturated rings. The summed E-state index contributed by atoms with van der Waals surface area (Å²) in [7, 11) is -4.48. The van der Waals surface area contributed by atoms with Crippen LogP contribution < -0.4 is 0 Å². The maximum absolute atomic E-state index is 10.8. The Hall–Kier alpha value is -0.490. The molecule has 1 aliphatic rings. The first-order chi connectivity index (χ1) is 12.8. The van der Waals surface area contributed by atoms with E-state index in [-0.39, 0.29) is 18.3 Å². The smallest absolute Gasteiger partial charge is 0.373 e. The molecule has 3 atom stereocenters. The van der Waals surface area contributed by atoms with Gasteiger partial charge in [0.2, 0.25) is 0 Å². The lowest BCUT2D eigenvalue weighted by atomic mass is 9.89. The molecule has 0 aromatic carbocycles. The lowest BCUT2D eigenvalue weighted by molar-refractivity contribution is -0.0830. The van der Waals surface area contributed by atoms with Gasteiger partial charge in [-0.05, 0) is 26.7 Å². The number of allylic oxidation sites excluding steroid dienone is 2. The molecule has 2 N–H and O–H groups in total. The summed E-state index contributed by atoms with van der Waals surface area (Å²) in [5, 5.41) is 0. The summed E-state index contributed by atoms with van der Waals surface area (Å²) in [5.41, 5.74) is -0.273. The fourth-order valence-electron chi connectivity index (χ4n) is 3.11. The predicted octanol–water partition coefficient (Wildman–Crippen LogP) is 4.91. The minimum atomic E-state index is -4.48. The molecule has 0 aromatic heterocycles. The van der Waals surface area contributed by atoms with Crippen molar-refractivity contribution in [1.29, 1.82) is 0 Å². The molecular weight excluding hydrogens is 367 g/mol. The van der Waals surface area contributed by atoms with Gasteiger partial charge >= 0.3 is 7.82 Å². The van der Waals surface area contributed by atoms with E-state index in [0.29, 0.717) is 6.61 Å². The molecule has 0 aromatic rings. The topological polar surface area (TPSA) is 85.2 Å². The number of hydrogen-bond donors (Lipinski definition) is 2. The largest absolute Gasteiger partial charge is 0.469 e. The highest BCUT2D eigenvalue weighted by Gasteiger charge is 2.28. The van der Waals surface area contributed by atoms with Gasteiger partial charge in [-0.15, -0.1) is 0 Å². The van der Waals surface area contributed by atoms with Gasteiger partial charge in [-0.2, -0.15) is 0 Å². The SMILES string of the molecule is CCCCCCCCC1(OCC(C)OCC(C)OP(=O)(O)O)C=CC=CC1. The van der Waals surface area contributed by atoms with Crippen LogP contribution >= 0.6 is 7.82 Å². The van der Waals surface area contributed by atoms with Crippen LogP contribution in [0.3, 0.4) is 0 Å². The average Bonchev–Trinajstić information content (AvgIpc) is 2.61. The zero-order valence-electron chi connectivity index (χ0n) is 17.0. The van der Waals surface area contributed by atoms with Crippen LogP contribution in [0.15, 0.2) is 24.3 Å². The molecule has 0 amide bonds. The normalized spacial score (nSPS) is 22.1. The Morgan fingerprint density at radius 1 is 1.04 bits per heavy atom. The van der Waals surface area contributed by atoms with Crippen LogP contribution in [0.2, 0.25) is 0 Å². The van der Waals surface area contributed by atoms with Gasteiger partial charge in [-0.1, -0.05) is 69.8 Å². The molecule has 158 valence electrons. The van der Waals surface area contributed by atoms with E-state index in [2.05, 4.69) is 23.6 Å². The highest BCUT2D eigenvalue weighted by atomic mass is 31.2. The number of hydrogen-bond acceptors (Lipinski definition) is 4. The standard InChI is InChI=1S/C20H37O6P/c1-4-5-6-7-8-10-13-20(14-11-9-12-15-20)25-17-18(2)24-16-19(3)26-27(21,22)23/h9,11-12,14,18-19H,4-8,10,13,15-17H2,1-3H3,(H2,21,22,23). The summed E-state index contributed by atoms with van der Waals surface area (Å²) in [4.78, 5) is 17.6. The monoisotopic (exact) mass is 404 g/mol. The first-order valence-electron chi connectivity index (χ1n) is 10.1. The summed E-state index contributed by atoms with van der Waals surface area (Å²) >= 11 is 0. The maximum atomic E-state index is 10.8. The molecule has 0 saturated heterocycles. The Kier molecular flexibility index (Phi) is 11.7. The van der Waals surface area contributed by atoms with Gasteiger partial charge in [0.15, 0.2) is 0 Å². The molecule has 1 rings (SSSR count). The van der Waals surface area contributed by atoms with Gasteiger partial charge < -0.3 is 19.3 Å². The lowest BCUT2D eigenvalue weighted by Crippen LogP contribution is -2.34. The van der Waals surface area contributed by atoms with Crippen LogP contribution in [0.25, 0.3) is 0 Å². The molecule has 7 heteroatoms. The number of phosphoric acid groups is 1. The van der Waals surface area contributed by atoms with Crippen molar-refractivity contribution in [3.05, 3.63) is 24.3 Å². The molecule has 0 aliphatic heterocycles. The highest BCUT2D eigenvalue weighted by Crippen LogP contribution is 2.37. The third-order valence-electron chi connectivity index (χ3n) is 4.60. The van der Waals surface area contributed by atoms with Gasteiger partial charge in [-0.25, -0.2) is 4.57 Å². The van der Waals surface area contributed by atoms with Gasteiger partial charge in [-0.3, -0.25) is 4.52 Å². The second kappa shape index (κ2) is 12.9. The van der Waals surface area contributed by atoms with Gasteiger partial charge in [0.25, 0.3) is 0 Å². The summed E-state index contributed by atoms with van der Waals surface area (Å²) < 4.78 is 27.3. The van der Waals surface area contributed by atoms with Crippen LogP contribution in [-0.2, 0) is 18.6 Å². The average molecular weight is 404 g/mol. The molecule has 3 unspecified atom stereocenters. The molecule has 27 heavy (non-hydrogen) atoms. The van der Waals surface area contributed by atoms with Crippen LogP contribution in [0, 0.1) is 0 Å². The Labute approximate surface area is 164 Å². The number of rotatable bonds is 15. The first kappa shape index (κ1) is 24.5. The zero-order valence-corrected chi connectivity index (χ0v) is 17.9. The summed E-state index contributed by atoms with van der Waals surface area (Å²) in [6.45, 7) is 6.23. The van der Waals surface area contributed by atoms with Gasteiger partial charge in [0.1, 0.15) is 0 Å². The first-order valence-corrected chi connectivity index (χ1v) is 11.6. The Bertz CT molecular complexity index is 501. The predicted molar refractivity (Wildman–Crippen MR) is 108 cm³/mol. The number of unbranched alkanes of at least 4 members (excludes halogenated alkanes) is 5. The number of ether oxygens (including phenoxy) is 2. The second-order valence-electron chi connectivity index (χ2n) is 7.44. The van der Waals surface area contributed by atoms with Crippen molar-refractivity contribution in [3.8, 4) is 0 Å². The van der Waals surface area contributed by atoms with Gasteiger partial charge in [0, 0.05) is 0 Å². The van der Waals surface area contributed by atoms with Crippen molar-refractivity contribution in [2.24, 2.45) is 0 Å². The molecule has 0 saturated carbocycles. The van der Waals surface area contributed by atoms with Crippen molar-refractivity contribution >= 4 is 7.82 Å². The van der Waals surface area contributed by atoms with Crippen molar-refractivity contribution in [3.63, 3.8) is 0 Å². The number of phosphoric ester groups is 1. The Balaban J connectivity index is 2.35. The Morgan fingerprint density at radius 2 is 1.74 bits per heavy atom. The third-order valence-corrected chi connectivity index (χ3v) is 5.24. The van der Waals surface area contributed by atoms with E-state index >= 15 is 0 Å². The molecule has 6 nitrogen and oxygen atoms in total. The molecule has 0 heterocycles. The lowest BCUT2D eigenvalue weighted by Gasteiger charge is -2.33. The van der Waals surface area contributed by atoms with Crippen molar-refractivity contribution in [1.82, 2.24) is 0 Å². The zero-order chi connectivity index (χ0) is 20.2. The summed E-state index contributed by atoms with van der Waals surface area (Å²) in [5.74, 6) is 0. The van der Waals surface area contributed by atoms with Crippen LogP contribution in [0.1, 0.15) is 72.1 Å². The van der Waals surface area contributed by atoms with E-state index in [1.54, 1.807) is 6.92 Å². The van der Waals surface area contributed by atoms with E-state index in [0.717, 1.165) is 19.3 Å². The minimum Gasteiger partial charge on any atom is -0.373 e. The van der Waals surface area contributed by atoms with Crippen LogP contribution in [0.4, 0.5) is 0 Å². The Morgan fingerprint density at radius 3 is 2.37 bits per heavy atom. The van der Waals surface area contributed by atoms with E-state index in [1.807, 2.05) is 19.1 Å². The van der Waals surface area contributed by atoms with E-state index < -0.39 is 13.9 Å². The van der Waals surface area contributed by atoms with E-state index in [1.165, 1.54) is 32.1 Å². The maximum Gasteiger partial charge on any atom is 0.469 e. The van der Waals surface area contributed by atoms with Crippen LogP contribution in [-0.4, -0.2) is 40.8 Å². The summed E-state index contributed by atoms with van der Waals surface area (Å²) in [6, 6.07) is 0. The van der Waals surface area contributed by atoms with E-state index in [9.17, 15) is 4.57 Å². The minimum absolute atomic E-state index is 0.107.